The van der Waals surface area contributed by atoms with Gasteiger partial charge in [0.1, 0.15) is 0 Å². The molecule has 1 aliphatic rings. The summed E-state index contributed by atoms with van der Waals surface area (Å²) in [4.78, 5) is 0. The summed E-state index contributed by atoms with van der Waals surface area (Å²) in [5.41, 5.74) is 10.2. The van der Waals surface area contributed by atoms with E-state index in [0.29, 0.717) is 5.92 Å². The molecule has 0 fully saturated rings. The zero-order valence-corrected chi connectivity index (χ0v) is 13.5. The topological polar surface area (TPSA) is 0 Å². The Morgan fingerprint density at radius 3 is 2.48 bits per heavy atom. The summed E-state index contributed by atoms with van der Waals surface area (Å²) >= 11 is 0. The first kappa shape index (κ1) is 14.1. The first-order chi connectivity index (χ1) is 10.1. The summed E-state index contributed by atoms with van der Waals surface area (Å²) in [5, 5.41) is 0. The molecule has 0 aromatic heterocycles. The molecule has 0 saturated heterocycles. The molecule has 2 aromatic rings. The first-order valence-corrected chi connectivity index (χ1v) is 8.03. The standard InChI is InChI=1S/C21H24/c1-5-16-10-11-17-12-18(14(2)3)13-20(17)21(16)19-9-7-6-8-15(19)4/h6-11,13-14H,5,12H2,1-4H3. The Morgan fingerprint density at radius 1 is 1.05 bits per heavy atom. The maximum atomic E-state index is 2.45. The lowest BCUT2D eigenvalue weighted by Crippen LogP contribution is -1.96. The second-order valence-electron chi connectivity index (χ2n) is 6.39. The Balaban J connectivity index is 2.25. The van der Waals surface area contributed by atoms with Crippen LogP contribution in [-0.4, -0.2) is 0 Å². The molecule has 0 radical (unpaired) electrons. The van der Waals surface area contributed by atoms with Gasteiger partial charge in [-0.25, -0.2) is 0 Å². The third kappa shape index (κ3) is 2.44. The van der Waals surface area contributed by atoms with Crippen molar-refractivity contribution in [2.45, 2.75) is 40.5 Å². The molecule has 0 bridgehead atoms. The lowest BCUT2D eigenvalue weighted by molar-refractivity contribution is 0.754. The molecule has 3 rings (SSSR count). The SMILES string of the molecule is CCc1ccc2c(c1-c1ccccc1C)C=C(C(C)C)C2. The van der Waals surface area contributed by atoms with Crippen LogP contribution in [0.4, 0.5) is 0 Å². The molecular formula is C21H24. The second-order valence-corrected chi connectivity index (χ2v) is 6.39. The Labute approximate surface area is 128 Å². The van der Waals surface area contributed by atoms with Crippen molar-refractivity contribution in [1.82, 2.24) is 0 Å². The smallest absolute Gasteiger partial charge is 0.00550 e. The van der Waals surface area contributed by atoms with E-state index in [-0.39, 0.29) is 0 Å². The minimum atomic E-state index is 0.632. The van der Waals surface area contributed by atoms with Gasteiger partial charge in [-0.05, 0) is 59.1 Å². The van der Waals surface area contributed by atoms with Gasteiger partial charge in [-0.15, -0.1) is 0 Å². The highest BCUT2D eigenvalue weighted by atomic mass is 14.2. The van der Waals surface area contributed by atoms with Gasteiger partial charge in [0.15, 0.2) is 0 Å². The van der Waals surface area contributed by atoms with Crippen molar-refractivity contribution in [3.05, 3.63) is 64.2 Å². The van der Waals surface area contributed by atoms with E-state index in [9.17, 15) is 0 Å². The average molecular weight is 276 g/mol. The van der Waals surface area contributed by atoms with Crippen LogP contribution in [0.3, 0.4) is 0 Å². The van der Waals surface area contributed by atoms with E-state index >= 15 is 0 Å². The lowest BCUT2D eigenvalue weighted by atomic mass is 9.89. The van der Waals surface area contributed by atoms with E-state index in [1.807, 2.05) is 0 Å². The minimum Gasteiger partial charge on any atom is -0.0626 e. The summed E-state index contributed by atoms with van der Waals surface area (Å²) in [6, 6.07) is 13.4. The number of aryl methyl sites for hydroxylation is 2. The third-order valence-electron chi connectivity index (χ3n) is 4.68. The molecule has 0 atom stereocenters. The molecule has 0 amide bonds. The van der Waals surface area contributed by atoms with Crippen molar-refractivity contribution < 1.29 is 0 Å². The van der Waals surface area contributed by atoms with Gasteiger partial charge in [0.05, 0.1) is 0 Å². The van der Waals surface area contributed by atoms with E-state index in [1.54, 1.807) is 5.57 Å². The van der Waals surface area contributed by atoms with Crippen molar-refractivity contribution >= 4 is 6.08 Å². The van der Waals surface area contributed by atoms with Gasteiger partial charge in [0.2, 0.25) is 0 Å². The normalized spacial score (nSPS) is 13.5. The zero-order valence-electron chi connectivity index (χ0n) is 13.5. The monoisotopic (exact) mass is 276 g/mol. The summed E-state index contributed by atoms with van der Waals surface area (Å²) in [6.45, 7) is 9.07. The van der Waals surface area contributed by atoms with Crippen molar-refractivity contribution in [2.75, 3.05) is 0 Å². The molecule has 1 aliphatic carbocycles. The van der Waals surface area contributed by atoms with Crippen molar-refractivity contribution in [3.8, 4) is 11.1 Å². The van der Waals surface area contributed by atoms with Crippen LogP contribution in [-0.2, 0) is 12.8 Å². The Bertz CT molecular complexity index is 702. The number of hydrogen-bond donors (Lipinski definition) is 0. The number of hydrogen-bond acceptors (Lipinski definition) is 0. The van der Waals surface area contributed by atoms with Crippen LogP contribution in [0, 0.1) is 12.8 Å². The van der Waals surface area contributed by atoms with Crippen LogP contribution in [0.25, 0.3) is 17.2 Å². The van der Waals surface area contributed by atoms with Crippen LogP contribution in [0.2, 0.25) is 0 Å². The van der Waals surface area contributed by atoms with E-state index in [1.165, 1.54) is 33.4 Å². The lowest BCUT2D eigenvalue weighted by Gasteiger charge is -2.15. The second kappa shape index (κ2) is 5.52. The molecule has 0 N–H and O–H groups in total. The minimum absolute atomic E-state index is 0.632. The quantitative estimate of drug-likeness (QED) is 0.662. The van der Waals surface area contributed by atoms with E-state index in [2.05, 4.69) is 70.2 Å². The molecule has 0 heterocycles. The molecule has 0 aliphatic heterocycles. The number of allylic oxidation sites excluding steroid dienone is 1. The predicted octanol–water partition coefficient (Wildman–Crippen LogP) is 5.82. The zero-order chi connectivity index (χ0) is 15.0. The maximum absolute atomic E-state index is 2.45. The van der Waals surface area contributed by atoms with E-state index < -0.39 is 0 Å². The molecule has 0 heteroatoms. The Morgan fingerprint density at radius 2 is 1.81 bits per heavy atom. The van der Waals surface area contributed by atoms with Crippen molar-refractivity contribution in [2.24, 2.45) is 5.92 Å². The Hall–Kier alpha value is -1.82. The van der Waals surface area contributed by atoms with Gasteiger partial charge in [-0.2, -0.15) is 0 Å². The highest BCUT2D eigenvalue weighted by Crippen LogP contribution is 2.39. The Kier molecular flexibility index (Phi) is 3.71. The van der Waals surface area contributed by atoms with Gasteiger partial charge in [0, 0.05) is 0 Å². The summed E-state index contributed by atoms with van der Waals surface area (Å²) < 4.78 is 0. The molecule has 0 unspecified atom stereocenters. The van der Waals surface area contributed by atoms with Gasteiger partial charge in [0.25, 0.3) is 0 Å². The fraction of sp³-hybridized carbons (Fsp3) is 0.333. The largest absolute Gasteiger partial charge is 0.0626 e. The highest BCUT2D eigenvalue weighted by molar-refractivity contribution is 5.84. The third-order valence-corrected chi connectivity index (χ3v) is 4.68. The van der Waals surface area contributed by atoms with Gasteiger partial charge in [-0.3, -0.25) is 0 Å². The fourth-order valence-corrected chi connectivity index (χ4v) is 3.32. The highest BCUT2D eigenvalue weighted by Gasteiger charge is 2.21. The van der Waals surface area contributed by atoms with Crippen LogP contribution in [0.1, 0.15) is 43.0 Å². The average Bonchev–Trinajstić information content (AvgIpc) is 2.91. The van der Waals surface area contributed by atoms with Gasteiger partial charge >= 0.3 is 0 Å². The number of fused-ring (bicyclic) bond motifs is 1. The van der Waals surface area contributed by atoms with E-state index in [4.69, 9.17) is 0 Å². The molecule has 0 saturated carbocycles. The van der Waals surface area contributed by atoms with E-state index in [0.717, 1.165) is 12.8 Å². The molecular weight excluding hydrogens is 252 g/mol. The number of rotatable bonds is 3. The van der Waals surface area contributed by atoms with Crippen LogP contribution in [0.5, 0.6) is 0 Å². The summed E-state index contributed by atoms with van der Waals surface area (Å²) in [5.74, 6) is 0.632. The van der Waals surface area contributed by atoms with Gasteiger partial charge < -0.3 is 0 Å². The predicted molar refractivity (Wildman–Crippen MR) is 92.5 cm³/mol. The van der Waals surface area contributed by atoms with Crippen molar-refractivity contribution in [3.63, 3.8) is 0 Å². The molecule has 21 heavy (non-hydrogen) atoms. The van der Waals surface area contributed by atoms with Gasteiger partial charge in [-0.1, -0.05) is 68.8 Å². The van der Waals surface area contributed by atoms with Crippen LogP contribution in [0.15, 0.2) is 42.0 Å². The maximum Gasteiger partial charge on any atom is -0.00550 e. The van der Waals surface area contributed by atoms with Crippen molar-refractivity contribution in [1.29, 1.82) is 0 Å². The molecule has 0 spiro atoms. The summed E-state index contributed by atoms with van der Waals surface area (Å²) in [6.07, 6.45) is 4.65. The molecule has 108 valence electrons. The van der Waals surface area contributed by atoms with Crippen LogP contribution < -0.4 is 0 Å². The molecule has 2 aromatic carbocycles. The first-order valence-electron chi connectivity index (χ1n) is 8.03. The fourth-order valence-electron chi connectivity index (χ4n) is 3.32. The number of benzene rings is 2. The molecule has 0 nitrogen and oxygen atoms in total. The van der Waals surface area contributed by atoms with Crippen LogP contribution >= 0.6 is 0 Å². The summed E-state index contributed by atoms with van der Waals surface area (Å²) in [7, 11) is 0.